The maximum Gasteiger partial charge on any atom is 0.335 e. The van der Waals surface area contributed by atoms with Crippen LogP contribution in [0.2, 0.25) is 5.02 Å². The fourth-order valence-electron chi connectivity index (χ4n) is 1.20. The zero-order valence-electron chi connectivity index (χ0n) is 9.66. The molecule has 2 N–H and O–H groups in total. The lowest BCUT2D eigenvalue weighted by atomic mass is 10.1. The van der Waals surface area contributed by atoms with Crippen molar-refractivity contribution in [1.82, 2.24) is 0 Å². The monoisotopic (exact) mass is 255 g/mol. The molecular formula is C12H14ClNO3. The van der Waals surface area contributed by atoms with Gasteiger partial charge in [-0.2, -0.15) is 0 Å². The van der Waals surface area contributed by atoms with Gasteiger partial charge >= 0.3 is 5.97 Å². The van der Waals surface area contributed by atoms with E-state index < -0.39 is 5.97 Å². The molecule has 0 aromatic heterocycles. The van der Waals surface area contributed by atoms with Crippen LogP contribution in [0.3, 0.4) is 0 Å². The van der Waals surface area contributed by atoms with Crippen LogP contribution < -0.4 is 5.32 Å². The SMILES string of the molecule is CCC(C)C(=O)Nc1cc(C(=O)O)ccc1Cl. The Balaban J connectivity index is 2.94. The van der Waals surface area contributed by atoms with Crippen LogP contribution in [0.5, 0.6) is 0 Å². The predicted molar refractivity (Wildman–Crippen MR) is 66.5 cm³/mol. The van der Waals surface area contributed by atoms with Gasteiger partial charge in [0.05, 0.1) is 16.3 Å². The number of carboxylic acid groups (broad SMARTS) is 1. The fourth-order valence-corrected chi connectivity index (χ4v) is 1.36. The number of nitrogens with one attached hydrogen (secondary N) is 1. The first-order chi connectivity index (χ1) is 7.95. The molecular weight excluding hydrogens is 242 g/mol. The summed E-state index contributed by atoms with van der Waals surface area (Å²) in [5, 5.41) is 11.8. The quantitative estimate of drug-likeness (QED) is 0.869. The molecule has 1 unspecified atom stereocenters. The highest BCUT2D eigenvalue weighted by atomic mass is 35.5. The molecule has 0 saturated heterocycles. The first-order valence-corrected chi connectivity index (χ1v) is 5.67. The molecule has 92 valence electrons. The van der Waals surface area contributed by atoms with E-state index in [1.807, 2.05) is 6.92 Å². The number of carboxylic acids is 1. The molecule has 0 bridgehead atoms. The van der Waals surface area contributed by atoms with Gasteiger partial charge in [0.1, 0.15) is 0 Å². The number of hydrogen-bond donors (Lipinski definition) is 2. The van der Waals surface area contributed by atoms with E-state index >= 15 is 0 Å². The second-order valence-corrected chi connectivity index (χ2v) is 4.21. The average molecular weight is 256 g/mol. The molecule has 1 rings (SSSR count). The molecule has 0 heterocycles. The van der Waals surface area contributed by atoms with Gasteiger partial charge in [-0.15, -0.1) is 0 Å². The summed E-state index contributed by atoms with van der Waals surface area (Å²) in [5.41, 5.74) is 0.422. The molecule has 0 fully saturated rings. The third kappa shape index (κ3) is 3.46. The summed E-state index contributed by atoms with van der Waals surface area (Å²) in [4.78, 5) is 22.4. The van der Waals surface area contributed by atoms with Crippen molar-refractivity contribution in [3.05, 3.63) is 28.8 Å². The standard InChI is InChI=1S/C12H14ClNO3/c1-3-7(2)11(15)14-10-6-8(12(16)17)4-5-9(10)13/h4-7H,3H2,1-2H3,(H,14,15)(H,16,17). The number of aromatic carboxylic acids is 1. The maximum absolute atomic E-state index is 11.7. The number of carbonyl (C=O) groups is 2. The van der Waals surface area contributed by atoms with E-state index in [2.05, 4.69) is 5.32 Å². The van der Waals surface area contributed by atoms with Crippen LogP contribution in [-0.2, 0) is 4.79 Å². The Bertz CT molecular complexity index is 445. The lowest BCUT2D eigenvalue weighted by Crippen LogP contribution is -2.20. The highest BCUT2D eigenvalue weighted by Gasteiger charge is 2.13. The molecule has 0 saturated carbocycles. The minimum atomic E-state index is -1.05. The first-order valence-electron chi connectivity index (χ1n) is 5.29. The number of rotatable bonds is 4. The molecule has 1 amide bonds. The van der Waals surface area contributed by atoms with Gasteiger partial charge in [0.15, 0.2) is 0 Å². The van der Waals surface area contributed by atoms with E-state index in [9.17, 15) is 9.59 Å². The number of halogens is 1. The van der Waals surface area contributed by atoms with Gasteiger partial charge in [0, 0.05) is 5.92 Å². The molecule has 1 atom stereocenters. The van der Waals surface area contributed by atoms with Crippen molar-refractivity contribution >= 4 is 29.2 Å². The smallest absolute Gasteiger partial charge is 0.335 e. The zero-order valence-corrected chi connectivity index (χ0v) is 10.4. The third-order valence-corrected chi connectivity index (χ3v) is 2.86. The summed E-state index contributed by atoms with van der Waals surface area (Å²) in [5.74, 6) is -1.36. The van der Waals surface area contributed by atoms with Crippen LogP contribution in [0.4, 0.5) is 5.69 Å². The summed E-state index contributed by atoms with van der Waals surface area (Å²) in [6.45, 7) is 3.70. The van der Waals surface area contributed by atoms with E-state index in [-0.39, 0.29) is 17.4 Å². The summed E-state index contributed by atoms with van der Waals surface area (Å²) in [6, 6.07) is 4.20. The van der Waals surface area contributed by atoms with Gasteiger partial charge in [0.2, 0.25) is 5.91 Å². The second-order valence-electron chi connectivity index (χ2n) is 3.80. The molecule has 0 aliphatic carbocycles. The third-order valence-electron chi connectivity index (χ3n) is 2.53. The molecule has 4 nitrogen and oxygen atoms in total. The summed E-state index contributed by atoms with van der Waals surface area (Å²) < 4.78 is 0. The summed E-state index contributed by atoms with van der Waals surface area (Å²) in [7, 11) is 0. The van der Waals surface area contributed by atoms with Crippen LogP contribution in [0.25, 0.3) is 0 Å². The minimum Gasteiger partial charge on any atom is -0.478 e. The van der Waals surface area contributed by atoms with E-state index in [1.54, 1.807) is 6.92 Å². The fraction of sp³-hybridized carbons (Fsp3) is 0.333. The lowest BCUT2D eigenvalue weighted by molar-refractivity contribution is -0.119. The van der Waals surface area contributed by atoms with E-state index in [4.69, 9.17) is 16.7 Å². The van der Waals surface area contributed by atoms with Crippen molar-refractivity contribution < 1.29 is 14.7 Å². The van der Waals surface area contributed by atoms with Crippen molar-refractivity contribution in [1.29, 1.82) is 0 Å². The van der Waals surface area contributed by atoms with E-state index in [1.165, 1.54) is 18.2 Å². The summed E-state index contributed by atoms with van der Waals surface area (Å²) >= 11 is 5.89. The van der Waals surface area contributed by atoms with Crippen molar-refractivity contribution in [2.75, 3.05) is 5.32 Å². The van der Waals surface area contributed by atoms with Gasteiger partial charge in [-0.25, -0.2) is 4.79 Å². The maximum atomic E-state index is 11.7. The van der Waals surface area contributed by atoms with Crippen LogP contribution >= 0.6 is 11.6 Å². The van der Waals surface area contributed by atoms with Crippen LogP contribution in [-0.4, -0.2) is 17.0 Å². The number of anilines is 1. The molecule has 5 heteroatoms. The molecule has 17 heavy (non-hydrogen) atoms. The number of carbonyl (C=O) groups excluding carboxylic acids is 1. The largest absolute Gasteiger partial charge is 0.478 e. The molecule has 0 aliphatic heterocycles. The van der Waals surface area contributed by atoms with Crippen LogP contribution in [0.1, 0.15) is 30.6 Å². The first kappa shape index (κ1) is 13.5. The highest BCUT2D eigenvalue weighted by Crippen LogP contribution is 2.23. The van der Waals surface area contributed by atoms with Gasteiger partial charge in [0.25, 0.3) is 0 Å². The Morgan fingerprint density at radius 3 is 2.65 bits per heavy atom. The average Bonchev–Trinajstić information content (AvgIpc) is 2.30. The number of benzene rings is 1. The second kappa shape index (κ2) is 5.68. The molecule has 0 aliphatic rings. The van der Waals surface area contributed by atoms with Crippen molar-refractivity contribution in [2.45, 2.75) is 20.3 Å². The Kier molecular flexibility index (Phi) is 4.52. The van der Waals surface area contributed by atoms with Gasteiger partial charge in [-0.3, -0.25) is 4.79 Å². The van der Waals surface area contributed by atoms with Crippen LogP contribution in [0, 0.1) is 5.92 Å². The normalized spacial score (nSPS) is 11.9. The summed E-state index contributed by atoms with van der Waals surface area (Å²) in [6.07, 6.45) is 0.710. The number of hydrogen-bond acceptors (Lipinski definition) is 2. The number of amides is 1. The minimum absolute atomic E-state index is 0.0915. The van der Waals surface area contributed by atoms with E-state index in [0.29, 0.717) is 17.1 Å². The van der Waals surface area contributed by atoms with Crippen molar-refractivity contribution in [3.63, 3.8) is 0 Å². The predicted octanol–water partition coefficient (Wildman–Crippen LogP) is 3.02. The van der Waals surface area contributed by atoms with Crippen molar-refractivity contribution in [3.8, 4) is 0 Å². The topological polar surface area (TPSA) is 66.4 Å². The van der Waals surface area contributed by atoms with Crippen molar-refractivity contribution in [2.24, 2.45) is 5.92 Å². The van der Waals surface area contributed by atoms with Gasteiger partial charge in [-0.05, 0) is 24.6 Å². The Morgan fingerprint density at radius 1 is 1.47 bits per heavy atom. The molecule has 0 radical (unpaired) electrons. The Hall–Kier alpha value is -1.55. The highest BCUT2D eigenvalue weighted by molar-refractivity contribution is 6.33. The molecule has 0 spiro atoms. The lowest BCUT2D eigenvalue weighted by Gasteiger charge is -2.11. The molecule has 1 aromatic carbocycles. The van der Waals surface area contributed by atoms with Gasteiger partial charge in [-0.1, -0.05) is 25.4 Å². The zero-order chi connectivity index (χ0) is 13.0. The van der Waals surface area contributed by atoms with Crippen LogP contribution in [0.15, 0.2) is 18.2 Å². The molecule has 1 aromatic rings. The Labute approximate surface area is 105 Å². The Morgan fingerprint density at radius 2 is 2.12 bits per heavy atom. The van der Waals surface area contributed by atoms with E-state index in [0.717, 1.165) is 0 Å². The van der Waals surface area contributed by atoms with Gasteiger partial charge < -0.3 is 10.4 Å².